The molecule has 0 atom stereocenters. The van der Waals surface area contributed by atoms with Gasteiger partial charge in [-0.2, -0.15) is 0 Å². The first kappa shape index (κ1) is 14.6. The van der Waals surface area contributed by atoms with Gasteiger partial charge in [-0.1, -0.05) is 25.8 Å². The van der Waals surface area contributed by atoms with Crippen LogP contribution < -0.4 is 10.6 Å². The SMILES string of the molecule is CCCC1CCC(NC(=O)c2ccc3c(c2)CNC3)CC1. The lowest BCUT2D eigenvalue weighted by molar-refractivity contribution is 0.0921. The summed E-state index contributed by atoms with van der Waals surface area (Å²) in [6, 6.07) is 6.47. The van der Waals surface area contributed by atoms with Gasteiger partial charge < -0.3 is 10.6 Å². The first-order valence-corrected chi connectivity index (χ1v) is 8.39. The summed E-state index contributed by atoms with van der Waals surface area (Å²) in [4.78, 5) is 12.4. The first-order chi connectivity index (χ1) is 10.3. The molecule has 2 N–H and O–H groups in total. The van der Waals surface area contributed by atoms with E-state index in [1.807, 2.05) is 12.1 Å². The van der Waals surface area contributed by atoms with Crippen LogP contribution in [0.5, 0.6) is 0 Å². The largest absolute Gasteiger partial charge is 0.349 e. The Bertz CT molecular complexity index is 504. The maximum atomic E-state index is 12.4. The van der Waals surface area contributed by atoms with Gasteiger partial charge in [-0.05, 0) is 54.9 Å². The maximum absolute atomic E-state index is 12.4. The van der Waals surface area contributed by atoms with E-state index in [1.54, 1.807) is 0 Å². The number of carbonyl (C=O) groups excluding carboxylic acids is 1. The summed E-state index contributed by atoms with van der Waals surface area (Å²) in [5.74, 6) is 0.984. The zero-order valence-electron chi connectivity index (χ0n) is 13.0. The minimum Gasteiger partial charge on any atom is -0.349 e. The van der Waals surface area contributed by atoms with E-state index in [9.17, 15) is 4.79 Å². The summed E-state index contributed by atoms with van der Waals surface area (Å²) in [6.45, 7) is 4.08. The third-order valence-electron chi connectivity index (χ3n) is 4.98. The molecule has 1 aromatic carbocycles. The Balaban J connectivity index is 1.55. The zero-order chi connectivity index (χ0) is 14.7. The van der Waals surface area contributed by atoms with Gasteiger partial charge in [0.05, 0.1) is 0 Å². The van der Waals surface area contributed by atoms with Gasteiger partial charge in [-0.3, -0.25) is 4.79 Å². The number of rotatable bonds is 4. The van der Waals surface area contributed by atoms with Gasteiger partial charge in [0, 0.05) is 24.7 Å². The van der Waals surface area contributed by atoms with Crippen LogP contribution in [0.2, 0.25) is 0 Å². The van der Waals surface area contributed by atoms with E-state index in [0.717, 1.165) is 37.4 Å². The van der Waals surface area contributed by atoms with Crippen molar-refractivity contribution in [1.82, 2.24) is 10.6 Å². The summed E-state index contributed by atoms with van der Waals surface area (Å²) in [7, 11) is 0. The van der Waals surface area contributed by atoms with Crippen molar-refractivity contribution < 1.29 is 4.79 Å². The normalized spacial score (nSPS) is 24.6. The van der Waals surface area contributed by atoms with Crippen LogP contribution in [0.25, 0.3) is 0 Å². The highest BCUT2D eigenvalue weighted by Gasteiger charge is 2.22. The maximum Gasteiger partial charge on any atom is 0.251 e. The van der Waals surface area contributed by atoms with Gasteiger partial charge in [0.1, 0.15) is 0 Å². The van der Waals surface area contributed by atoms with E-state index in [0.29, 0.717) is 6.04 Å². The molecule has 1 heterocycles. The quantitative estimate of drug-likeness (QED) is 0.891. The van der Waals surface area contributed by atoms with E-state index in [-0.39, 0.29) is 5.91 Å². The predicted octanol–water partition coefficient (Wildman–Crippen LogP) is 3.38. The van der Waals surface area contributed by atoms with Crippen LogP contribution in [0, 0.1) is 5.92 Å². The fourth-order valence-electron chi connectivity index (χ4n) is 3.71. The summed E-state index contributed by atoms with van der Waals surface area (Å²) >= 11 is 0. The fraction of sp³-hybridized carbons (Fsp3) is 0.611. The molecular formula is C18H26N2O. The zero-order valence-corrected chi connectivity index (χ0v) is 13.0. The second-order valence-electron chi connectivity index (χ2n) is 6.57. The van der Waals surface area contributed by atoms with E-state index in [4.69, 9.17) is 0 Å². The lowest BCUT2D eigenvalue weighted by Gasteiger charge is -2.29. The van der Waals surface area contributed by atoms with Crippen molar-refractivity contribution in [1.29, 1.82) is 0 Å². The topological polar surface area (TPSA) is 41.1 Å². The van der Waals surface area contributed by atoms with Crippen LogP contribution in [0.4, 0.5) is 0 Å². The van der Waals surface area contributed by atoms with Gasteiger partial charge in [0.15, 0.2) is 0 Å². The Morgan fingerprint density at radius 3 is 2.71 bits per heavy atom. The highest BCUT2D eigenvalue weighted by Crippen LogP contribution is 2.28. The Hall–Kier alpha value is -1.35. The van der Waals surface area contributed by atoms with Gasteiger partial charge >= 0.3 is 0 Å². The Morgan fingerprint density at radius 1 is 1.19 bits per heavy atom. The van der Waals surface area contributed by atoms with E-state index >= 15 is 0 Å². The van der Waals surface area contributed by atoms with Gasteiger partial charge in [-0.25, -0.2) is 0 Å². The second-order valence-corrected chi connectivity index (χ2v) is 6.57. The third kappa shape index (κ3) is 3.46. The monoisotopic (exact) mass is 286 g/mol. The van der Waals surface area contributed by atoms with E-state index in [2.05, 4.69) is 23.6 Å². The van der Waals surface area contributed by atoms with Crippen LogP contribution in [0.3, 0.4) is 0 Å². The summed E-state index contributed by atoms with van der Waals surface area (Å²) in [5.41, 5.74) is 3.41. The number of carbonyl (C=O) groups is 1. The molecule has 0 spiro atoms. The number of hydrogen-bond donors (Lipinski definition) is 2. The van der Waals surface area contributed by atoms with Gasteiger partial charge in [0.25, 0.3) is 5.91 Å². The first-order valence-electron chi connectivity index (χ1n) is 8.39. The average Bonchev–Trinajstić information content (AvgIpc) is 2.97. The van der Waals surface area contributed by atoms with Crippen molar-refractivity contribution in [2.45, 2.75) is 64.6 Å². The van der Waals surface area contributed by atoms with Crippen molar-refractivity contribution >= 4 is 5.91 Å². The van der Waals surface area contributed by atoms with Crippen LogP contribution >= 0.6 is 0 Å². The lowest BCUT2D eigenvalue weighted by Crippen LogP contribution is -2.37. The molecule has 1 aliphatic carbocycles. The summed E-state index contributed by atoms with van der Waals surface area (Å²) in [5, 5.41) is 6.55. The molecule has 0 aromatic heterocycles. The van der Waals surface area contributed by atoms with Crippen molar-refractivity contribution in [2.24, 2.45) is 5.92 Å². The lowest BCUT2D eigenvalue weighted by atomic mass is 9.83. The predicted molar refractivity (Wildman–Crippen MR) is 85.1 cm³/mol. The van der Waals surface area contributed by atoms with Crippen molar-refractivity contribution in [3.63, 3.8) is 0 Å². The standard InChI is InChI=1S/C18H26N2O/c1-2-3-13-4-8-17(9-5-13)20-18(21)14-6-7-15-11-19-12-16(15)10-14/h6-7,10,13,17,19H,2-5,8-9,11-12H2,1H3,(H,20,21). The number of benzene rings is 1. The number of hydrogen-bond acceptors (Lipinski definition) is 2. The molecule has 1 amide bonds. The molecule has 1 aliphatic heterocycles. The molecule has 3 heteroatoms. The van der Waals surface area contributed by atoms with Crippen LogP contribution in [-0.4, -0.2) is 11.9 Å². The molecule has 2 aliphatic rings. The Kier molecular flexibility index (Phi) is 4.59. The third-order valence-corrected chi connectivity index (χ3v) is 4.98. The van der Waals surface area contributed by atoms with Gasteiger partial charge in [0.2, 0.25) is 0 Å². The van der Waals surface area contributed by atoms with Crippen LogP contribution in [0.1, 0.15) is 66.9 Å². The molecular weight excluding hydrogens is 260 g/mol. The minimum absolute atomic E-state index is 0.101. The van der Waals surface area contributed by atoms with Crippen LogP contribution in [0.15, 0.2) is 18.2 Å². The number of nitrogens with one attached hydrogen (secondary N) is 2. The molecule has 114 valence electrons. The smallest absolute Gasteiger partial charge is 0.251 e. The van der Waals surface area contributed by atoms with Gasteiger partial charge in [-0.15, -0.1) is 0 Å². The van der Waals surface area contributed by atoms with Crippen molar-refractivity contribution in [3.05, 3.63) is 34.9 Å². The van der Waals surface area contributed by atoms with E-state index < -0.39 is 0 Å². The molecule has 0 unspecified atom stereocenters. The Morgan fingerprint density at radius 2 is 1.95 bits per heavy atom. The fourth-order valence-corrected chi connectivity index (χ4v) is 3.71. The minimum atomic E-state index is 0.101. The highest BCUT2D eigenvalue weighted by molar-refractivity contribution is 5.94. The second kappa shape index (κ2) is 6.61. The van der Waals surface area contributed by atoms with Crippen molar-refractivity contribution in [2.75, 3.05) is 0 Å². The number of fused-ring (bicyclic) bond motifs is 1. The van der Waals surface area contributed by atoms with E-state index in [1.165, 1.54) is 36.8 Å². The molecule has 0 bridgehead atoms. The summed E-state index contributed by atoms with van der Waals surface area (Å²) < 4.78 is 0. The number of amides is 1. The van der Waals surface area contributed by atoms with Crippen molar-refractivity contribution in [3.8, 4) is 0 Å². The molecule has 1 fully saturated rings. The molecule has 0 radical (unpaired) electrons. The Labute approximate surface area is 127 Å². The molecule has 3 rings (SSSR count). The highest BCUT2D eigenvalue weighted by atomic mass is 16.1. The molecule has 1 saturated carbocycles. The molecule has 3 nitrogen and oxygen atoms in total. The molecule has 0 saturated heterocycles. The molecule has 1 aromatic rings. The van der Waals surface area contributed by atoms with Crippen LogP contribution in [-0.2, 0) is 13.1 Å². The molecule has 21 heavy (non-hydrogen) atoms. The summed E-state index contributed by atoms with van der Waals surface area (Å²) in [6.07, 6.45) is 7.45. The average molecular weight is 286 g/mol.